The maximum atomic E-state index is 14.3. The molecule has 8 nitrogen and oxygen atoms in total. The van der Waals surface area contributed by atoms with Gasteiger partial charge in [-0.15, -0.1) is 0 Å². The van der Waals surface area contributed by atoms with Crippen LogP contribution in [0.2, 0.25) is 0 Å². The monoisotopic (exact) mass is 694 g/mol. The molecule has 0 radical (unpaired) electrons. The number of methoxy groups -OCH3 is 1. The summed E-state index contributed by atoms with van der Waals surface area (Å²) < 4.78 is 39.8. The van der Waals surface area contributed by atoms with Crippen LogP contribution < -0.4 is 29.1 Å². The molecular formula is C34H32BrFN2O6S. The summed E-state index contributed by atoms with van der Waals surface area (Å²) >= 11 is 4.69. The lowest BCUT2D eigenvalue weighted by Gasteiger charge is -2.25. The van der Waals surface area contributed by atoms with Gasteiger partial charge in [0.2, 0.25) is 0 Å². The average Bonchev–Trinajstić information content (AvgIpc) is 3.30. The van der Waals surface area contributed by atoms with Crippen molar-refractivity contribution in [3.8, 4) is 17.2 Å². The molecule has 3 aromatic carbocycles. The van der Waals surface area contributed by atoms with Crippen LogP contribution in [0.5, 0.6) is 17.2 Å². The van der Waals surface area contributed by atoms with Gasteiger partial charge in [0.1, 0.15) is 18.2 Å². The number of nitrogens with zero attached hydrogens (tertiary/aromatic N) is 2. The van der Waals surface area contributed by atoms with Crippen molar-refractivity contribution >= 4 is 39.3 Å². The molecule has 0 N–H and O–H groups in total. The molecule has 1 aromatic heterocycles. The number of carbonyl (C=O) groups excluding carboxylic acids is 1. The van der Waals surface area contributed by atoms with Crippen molar-refractivity contribution in [3.63, 3.8) is 0 Å². The van der Waals surface area contributed by atoms with E-state index in [0.29, 0.717) is 49.0 Å². The summed E-state index contributed by atoms with van der Waals surface area (Å²) in [5.41, 5.74) is 2.01. The number of thiazole rings is 1. The maximum Gasteiger partial charge on any atom is 0.338 e. The fraction of sp³-hybridized carbons (Fsp3) is 0.265. The number of aromatic nitrogens is 1. The van der Waals surface area contributed by atoms with Crippen molar-refractivity contribution in [2.24, 2.45) is 4.99 Å². The smallest absolute Gasteiger partial charge is 0.338 e. The Morgan fingerprint density at radius 3 is 2.58 bits per heavy atom. The van der Waals surface area contributed by atoms with Crippen LogP contribution in [0.1, 0.15) is 50.4 Å². The van der Waals surface area contributed by atoms with Crippen LogP contribution >= 0.6 is 27.3 Å². The molecule has 0 fully saturated rings. The summed E-state index contributed by atoms with van der Waals surface area (Å²) in [5, 5.41) is 0. The van der Waals surface area contributed by atoms with Gasteiger partial charge >= 0.3 is 5.97 Å². The molecule has 0 saturated heterocycles. The van der Waals surface area contributed by atoms with Crippen molar-refractivity contribution in [2.45, 2.75) is 46.4 Å². The molecule has 1 aliphatic heterocycles. The zero-order chi connectivity index (χ0) is 32.2. The van der Waals surface area contributed by atoms with Crippen LogP contribution in [-0.4, -0.2) is 30.4 Å². The molecule has 0 amide bonds. The van der Waals surface area contributed by atoms with Crippen molar-refractivity contribution in [1.82, 2.24) is 4.57 Å². The van der Waals surface area contributed by atoms with Gasteiger partial charge in [-0.2, -0.15) is 0 Å². The number of hydrogen-bond acceptors (Lipinski definition) is 8. The lowest BCUT2D eigenvalue weighted by Crippen LogP contribution is -2.40. The second-order valence-electron chi connectivity index (χ2n) is 10.4. The number of halogens is 2. The van der Waals surface area contributed by atoms with Crippen molar-refractivity contribution < 1.29 is 28.1 Å². The summed E-state index contributed by atoms with van der Waals surface area (Å²) in [6.07, 6.45) is 1.63. The number of esters is 1. The molecule has 234 valence electrons. The number of hydrogen-bond donors (Lipinski definition) is 0. The van der Waals surface area contributed by atoms with Gasteiger partial charge in [0.15, 0.2) is 16.3 Å². The Balaban J connectivity index is 1.64. The van der Waals surface area contributed by atoms with E-state index in [1.165, 1.54) is 29.1 Å². The Bertz CT molecular complexity index is 1970. The van der Waals surface area contributed by atoms with E-state index in [1.54, 1.807) is 56.3 Å². The maximum absolute atomic E-state index is 14.3. The molecule has 1 aliphatic rings. The fourth-order valence-corrected chi connectivity index (χ4v) is 6.40. The van der Waals surface area contributed by atoms with E-state index < -0.39 is 12.0 Å². The third-order valence-electron chi connectivity index (χ3n) is 6.98. The first kappa shape index (κ1) is 32.2. The quantitative estimate of drug-likeness (QED) is 0.187. The number of fused-ring (bicyclic) bond motifs is 1. The molecule has 1 atom stereocenters. The van der Waals surface area contributed by atoms with Gasteiger partial charge < -0.3 is 18.9 Å². The average molecular weight is 696 g/mol. The minimum absolute atomic E-state index is 0.0108. The van der Waals surface area contributed by atoms with Crippen LogP contribution in [0.4, 0.5) is 4.39 Å². The van der Waals surface area contributed by atoms with E-state index in [-0.39, 0.29) is 36.3 Å². The van der Waals surface area contributed by atoms with Crippen molar-refractivity contribution in [3.05, 3.63) is 119 Å². The molecule has 0 unspecified atom stereocenters. The molecule has 0 bridgehead atoms. The minimum atomic E-state index is -0.830. The molecule has 11 heteroatoms. The van der Waals surface area contributed by atoms with Crippen LogP contribution in [0.3, 0.4) is 0 Å². The number of ether oxygens (including phenoxy) is 4. The third-order valence-corrected chi connectivity index (χ3v) is 8.46. The predicted octanol–water partition coefficient (Wildman–Crippen LogP) is 6.07. The molecule has 0 aliphatic carbocycles. The van der Waals surface area contributed by atoms with Gasteiger partial charge in [-0.3, -0.25) is 9.36 Å². The highest BCUT2D eigenvalue weighted by molar-refractivity contribution is 9.10. The normalized spacial score (nSPS) is 14.7. The second-order valence-corrected chi connectivity index (χ2v) is 12.4. The van der Waals surface area contributed by atoms with Crippen LogP contribution in [-0.2, 0) is 16.1 Å². The zero-order valence-corrected chi connectivity index (χ0v) is 27.8. The van der Waals surface area contributed by atoms with E-state index in [1.807, 2.05) is 32.0 Å². The highest BCUT2D eigenvalue weighted by Crippen LogP contribution is 2.36. The van der Waals surface area contributed by atoms with E-state index in [0.717, 1.165) is 4.47 Å². The van der Waals surface area contributed by atoms with Gasteiger partial charge in [-0.05, 0) is 75.7 Å². The summed E-state index contributed by atoms with van der Waals surface area (Å²) in [6.45, 7) is 7.46. The van der Waals surface area contributed by atoms with Crippen LogP contribution in [0.25, 0.3) is 6.08 Å². The standard InChI is InChI=1S/C34H32BrFN2O6S/c1-6-42-33(40)30-20(4)37-34-38(31(30)21-11-13-27(44-19(2)3)28(16-21)41-5)32(39)29(45-34)17-23-15-24(35)12-14-26(23)43-18-22-9-7-8-10-25(22)36/h7-17,19,31H,6,18H2,1-5H3/b29-17-/t31-/m1/s1. The van der Waals surface area contributed by atoms with Crippen LogP contribution in [0, 0.1) is 5.82 Å². The van der Waals surface area contributed by atoms with E-state index in [9.17, 15) is 14.0 Å². The molecule has 2 heterocycles. The lowest BCUT2D eigenvalue weighted by atomic mass is 9.95. The lowest BCUT2D eigenvalue weighted by molar-refractivity contribution is -0.139. The molecule has 0 saturated carbocycles. The highest BCUT2D eigenvalue weighted by atomic mass is 79.9. The van der Waals surface area contributed by atoms with E-state index in [2.05, 4.69) is 20.9 Å². The largest absolute Gasteiger partial charge is 0.493 e. The first-order valence-corrected chi connectivity index (χ1v) is 15.9. The number of rotatable bonds is 10. The summed E-state index contributed by atoms with van der Waals surface area (Å²) in [4.78, 5) is 32.6. The van der Waals surface area contributed by atoms with Gasteiger partial charge in [0.25, 0.3) is 5.56 Å². The SMILES string of the molecule is CCOC(=O)C1=C(C)N=c2s/c(=C\c3cc(Br)ccc3OCc3ccccc3F)c(=O)n2[C@@H]1c1ccc(OC(C)C)c(OC)c1. The summed E-state index contributed by atoms with van der Waals surface area (Å²) in [5.74, 6) is 0.553. The Hall–Kier alpha value is -4.22. The first-order chi connectivity index (χ1) is 21.6. The molecule has 4 aromatic rings. The Morgan fingerprint density at radius 2 is 1.87 bits per heavy atom. The molecule has 45 heavy (non-hydrogen) atoms. The third kappa shape index (κ3) is 6.89. The topological polar surface area (TPSA) is 88.4 Å². The second kappa shape index (κ2) is 13.8. The van der Waals surface area contributed by atoms with E-state index in [4.69, 9.17) is 18.9 Å². The zero-order valence-electron chi connectivity index (χ0n) is 25.4. The fourth-order valence-electron chi connectivity index (χ4n) is 4.99. The summed E-state index contributed by atoms with van der Waals surface area (Å²) in [7, 11) is 1.54. The Labute approximate surface area is 272 Å². The Kier molecular flexibility index (Phi) is 9.89. The minimum Gasteiger partial charge on any atom is -0.493 e. The highest BCUT2D eigenvalue weighted by Gasteiger charge is 2.34. The van der Waals surface area contributed by atoms with Crippen LogP contribution in [0.15, 0.2) is 86.2 Å². The predicted molar refractivity (Wildman–Crippen MR) is 174 cm³/mol. The van der Waals surface area contributed by atoms with Gasteiger partial charge in [-0.1, -0.05) is 51.5 Å². The van der Waals surface area contributed by atoms with Gasteiger partial charge in [0.05, 0.1) is 41.7 Å². The molecule has 5 rings (SSSR count). The Morgan fingerprint density at radius 1 is 1.11 bits per heavy atom. The number of benzene rings is 3. The molecule has 0 spiro atoms. The first-order valence-electron chi connectivity index (χ1n) is 14.3. The molecular weight excluding hydrogens is 663 g/mol. The van der Waals surface area contributed by atoms with Gasteiger partial charge in [-0.25, -0.2) is 14.2 Å². The van der Waals surface area contributed by atoms with E-state index >= 15 is 0 Å². The van der Waals surface area contributed by atoms with Gasteiger partial charge in [0, 0.05) is 15.6 Å². The number of carbonyl (C=O) groups is 1. The van der Waals surface area contributed by atoms with Crippen molar-refractivity contribution in [2.75, 3.05) is 13.7 Å². The number of allylic oxidation sites excluding steroid dienone is 1. The summed E-state index contributed by atoms with van der Waals surface area (Å²) in [6, 6.07) is 16.3. The van der Waals surface area contributed by atoms with Crippen molar-refractivity contribution in [1.29, 1.82) is 0 Å².